The van der Waals surface area contributed by atoms with Crippen LogP contribution in [-0.4, -0.2) is 81.8 Å². The van der Waals surface area contributed by atoms with Crippen LogP contribution in [0.4, 0.5) is 4.79 Å². The number of aliphatic hydroxyl groups excluding tert-OH is 1. The second-order valence-electron chi connectivity index (χ2n) is 11.6. The number of alkyl carbamates (subject to hydrolysis) is 1. The number of nitrogens with one attached hydrogen (secondary N) is 1. The lowest BCUT2D eigenvalue weighted by Crippen LogP contribution is -2.52. The summed E-state index contributed by atoms with van der Waals surface area (Å²) in [4.78, 5) is 12.9. The number of sulfonamides is 1. The van der Waals surface area contributed by atoms with E-state index in [1.54, 1.807) is 6.07 Å². The first-order valence-corrected chi connectivity index (χ1v) is 15.9. The summed E-state index contributed by atoms with van der Waals surface area (Å²) in [5.41, 5.74) is 6.15. The molecule has 0 unspecified atom stereocenters. The van der Waals surface area contributed by atoms with E-state index in [0.717, 1.165) is 24.8 Å². The summed E-state index contributed by atoms with van der Waals surface area (Å²) in [6.07, 6.45) is 0.998. The third-order valence-corrected chi connectivity index (χ3v) is 9.32. The van der Waals surface area contributed by atoms with Gasteiger partial charge in [-0.15, -0.1) is 0 Å². The average molecular weight is 606 g/mol. The van der Waals surface area contributed by atoms with Crippen LogP contribution in [0.15, 0.2) is 53.4 Å². The lowest BCUT2D eigenvalue weighted by atomic mass is 9.87. The molecule has 4 N–H and O–H groups in total. The van der Waals surface area contributed by atoms with Crippen molar-refractivity contribution < 1.29 is 37.3 Å². The molecule has 0 saturated carbocycles. The summed E-state index contributed by atoms with van der Waals surface area (Å²) >= 11 is 0. The maximum Gasteiger partial charge on any atom is 0.407 e. The lowest BCUT2D eigenvalue weighted by Gasteiger charge is -2.35. The molecule has 0 aromatic heterocycles. The molecule has 3 atom stereocenters. The van der Waals surface area contributed by atoms with Crippen LogP contribution >= 0.6 is 0 Å². The summed E-state index contributed by atoms with van der Waals surface area (Å²) in [7, 11) is -4.08. The number of ether oxygens (including phenoxy) is 4. The van der Waals surface area contributed by atoms with Gasteiger partial charge in [0, 0.05) is 25.6 Å². The van der Waals surface area contributed by atoms with E-state index >= 15 is 0 Å². The van der Waals surface area contributed by atoms with Crippen LogP contribution in [0.2, 0.25) is 0 Å². The van der Waals surface area contributed by atoms with Crippen molar-refractivity contribution in [2.75, 3.05) is 39.6 Å². The number of benzene rings is 2. The number of nitrogens with two attached hydrogens (primary N) is 1. The zero-order valence-electron chi connectivity index (χ0n) is 24.4. The highest BCUT2D eigenvalue weighted by Gasteiger charge is 2.36. The quantitative estimate of drug-likeness (QED) is 0.260. The minimum atomic E-state index is -4.08. The molecule has 0 bridgehead atoms. The van der Waals surface area contributed by atoms with Gasteiger partial charge in [0.25, 0.3) is 0 Å². The molecule has 2 aliphatic heterocycles. The van der Waals surface area contributed by atoms with Gasteiger partial charge in [-0.1, -0.05) is 50.6 Å². The Bertz CT molecular complexity index is 1270. The minimum absolute atomic E-state index is 0.0192. The molecule has 42 heavy (non-hydrogen) atoms. The standard InChI is InChI=1S/C30H43N3O8S/c1-30(2,13-6-7-14-31)20-33(42(36,37)24-10-11-27-28(17-24)40-21-39-27)18-26(34)25(16-22-8-4-3-5-9-22)32-29(35)41-23-12-15-38-19-23/h3-5,8-11,17,23,25-26,34H,6-7,12-16,18-21,31H2,1-2H3,(H,32,35)/t23-,25-,26+/m0/s1. The smallest absolute Gasteiger partial charge is 0.407 e. The number of hydrogen-bond donors (Lipinski definition) is 3. The van der Waals surface area contributed by atoms with E-state index in [1.165, 1.54) is 16.4 Å². The average Bonchev–Trinajstić information content (AvgIpc) is 3.64. The van der Waals surface area contributed by atoms with E-state index < -0.39 is 33.7 Å². The van der Waals surface area contributed by atoms with Crippen molar-refractivity contribution in [3.8, 4) is 11.5 Å². The third kappa shape index (κ3) is 8.81. The van der Waals surface area contributed by atoms with E-state index in [1.807, 2.05) is 44.2 Å². The van der Waals surface area contributed by atoms with Crippen molar-refractivity contribution >= 4 is 16.1 Å². The van der Waals surface area contributed by atoms with Gasteiger partial charge in [-0.2, -0.15) is 4.31 Å². The molecule has 11 nitrogen and oxygen atoms in total. The van der Waals surface area contributed by atoms with E-state index in [-0.39, 0.29) is 37.3 Å². The molecule has 232 valence electrons. The molecule has 4 rings (SSSR count). The van der Waals surface area contributed by atoms with E-state index in [2.05, 4.69) is 5.32 Å². The fraction of sp³-hybridized carbons (Fsp3) is 0.567. The predicted molar refractivity (Wildman–Crippen MR) is 157 cm³/mol. The molecule has 1 saturated heterocycles. The number of carbonyl (C=O) groups excluding carboxylic acids is 1. The monoisotopic (exact) mass is 605 g/mol. The Hall–Kier alpha value is -2.90. The molecule has 2 aromatic rings. The number of rotatable bonds is 15. The number of nitrogens with zero attached hydrogens (tertiary/aromatic N) is 1. The number of hydrogen-bond acceptors (Lipinski definition) is 9. The van der Waals surface area contributed by atoms with Crippen LogP contribution in [0.1, 0.15) is 45.1 Å². The largest absolute Gasteiger partial charge is 0.454 e. The molecule has 0 radical (unpaired) electrons. The van der Waals surface area contributed by atoms with Gasteiger partial charge >= 0.3 is 6.09 Å². The van der Waals surface area contributed by atoms with Gasteiger partial charge in [-0.3, -0.25) is 0 Å². The van der Waals surface area contributed by atoms with E-state index in [9.17, 15) is 18.3 Å². The molecule has 2 heterocycles. The van der Waals surface area contributed by atoms with Crippen molar-refractivity contribution in [2.45, 2.75) is 69.1 Å². The van der Waals surface area contributed by atoms with E-state index in [0.29, 0.717) is 37.7 Å². The highest BCUT2D eigenvalue weighted by molar-refractivity contribution is 7.89. The van der Waals surface area contributed by atoms with Crippen LogP contribution in [0.5, 0.6) is 11.5 Å². The maximum absolute atomic E-state index is 14.1. The van der Waals surface area contributed by atoms with Crippen molar-refractivity contribution in [2.24, 2.45) is 11.1 Å². The molecule has 0 spiro atoms. The minimum Gasteiger partial charge on any atom is -0.454 e. The number of carbonyl (C=O) groups is 1. The third-order valence-electron chi connectivity index (χ3n) is 7.51. The predicted octanol–water partition coefficient (Wildman–Crippen LogP) is 3.05. The highest BCUT2D eigenvalue weighted by atomic mass is 32.2. The van der Waals surface area contributed by atoms with Crippen LogP contribution in [0.3, 0.4) is 0 Å². The normalized spacial score (nSPS) is 18.2. The Morgan fingerprint density at radius 1 is 1.17 bits per heavy atom. The van der Waals surface area contributed by atoms with Gasteiger partial charge < -0.3 is 35.1 Å². The van der Waals surface area contributed by atoms with Crippen LogP contribution in [0, 0.1) is 5.41 Å². The van der Waals surface area contributed by atoms with Gasteiger partial charge in [0.05, 0.1) is 30.3 Å². The summed E-state index contributed by atoms with van der Waals surface area (Å²) in [5.74, 6) is 0.821. The summed E-state index contributed by atoms with van der Waals surface area (Å²) in [6, 6.07) is 13.1. The second-order valence-corrected chi connectivity index (χ2v) is 13.6. The maximum atomic E-state index is 14.1. The number of aliphatic hydroxyl groups is 1. The highest BCUT2D eigenvalue weighted by Crippen LogP contribution is 2.36. The molecule has 1 fully saturated rings. The summed E-state index contributed by atoms with van der Waals surface area (Å²) < 4.78 is 51.0. The van der Waals surface area contributed by atoms with Crippen molar-refractivity contribution in [1.29, 1.82) is 0 Å². The Morgan fingerprint density at radius 2 is 1.93 bits per heavy atom. The molecular formula is C30H43N3O8S. The van der Waals surface area contributed by atoms with Gasteiger partial charge in [-0.25, -0.2) is 13.2 Å². The summed E-state index contributed by atoms with van der Waals surface area (Å²) in [6.45, 7) is 5.31. The Balaban J connectivity index is 1.58. The SMILES string of the molecule is CC(C)(CCCCN)CN(C[C@@H](O)[C@H](Cc1ccccc1)NC(=O)O[C@H]1CCOC1)S(=O)(=O)c1ccc2c(c1)OCO2. The van der Waals surface area contributed by atoms with Crippen molar-refractivity contribution in [3.63, 3.8) is 0 Å². The lowest BCUT2D eigenvalue weighted by molar-refractivity contribution is 0.0623. The fourth-order valence-electron chi connectivity index (χ4n) is 5.17. The fourth-order valence-corrected chi connectivity index (χ4v) is 6.83. The first-order valence-electron chi connectivity index (χ1n) is 14.4. The zero-order valence-corrected chi connectivity index (χ0v) is 25.2. The Morgan fingerprint density at radius 3 is 2.64 bits per heavy atom. The first kappa shape index (κ1) is 32.0. The van der Waals surface area contributed by atoms with Gasteiger partial charge in [0.15, 0.2) is 11.5 Å². The number of fused-ring (bicyclic) bond motifs is 1. The van der Waals surface area contributed by atoms with Crippen LogP contribution in [-0.2, 0) is 25.9 Å². The molecule has 2 aromatic carbocycles. The molecule has 1 amide bonds. The summed E-state index contributed by atoms with van der Waals surface area (Å²) in [5, 5.41) is 14.4. The number of amides is 1. The van der Waals surface area contributed by atoms with Crippen molar-refractivity contribution in [1.82, 2.24) is 9.62 Å². The Kier molecular flexibility index (Phi) is 11.1. The molecule has 12 heteroatoms. The van der Waals surface area contributed by atoms with E-state index in [4.69, 9.17) is 24.7 Å². The topological polar surface area (TPSA) is 150 Å². The van der Waals surface area contributed by atoms with Crippen molar-refractivity contribution in [3.05, 3.63) is 54.1 Å². The van der Waals surface area contributed by atoms with Crippen LogP contribution < -0.4 is 20.5 Å². The zero-order chi connectivity index (χ0) is 30.2. The van der Waals surface area contributed by atoms with Gasteiger partial charge in [-0.05, 0) is 48.9 Å². The molecular weight excluding hydrogens is 562 g/mol. The first-order chi connectivity index (χ1) is 20.1. The van der Waals surface area contributed by atoms with Crippen LogP contribution in [0.25, 0.3) is 0 Å². The van der Waals surface area contributed by atoms with Gasteiger partial charge in [0.2, 0.25) is 16.8 Å². The molecule has 0 aliphatic carbocycles. The molecule has 2 aliphatic rings. The Labute approximate surface area is 248 Å². The van der Waals surface area contributed by atoms with Gasteiger partial charge in [0.1, 0.15) is 6.10 Å². The number of unbranched alkanes of at least 4 members (excludes halogenated alkanes) is 1. The second kappa shape index (κ2) is 14.5.